The molecule has 0 saturated heterocycles. The summed E-state index contributed by atoms with van der Waals surface area (Å²) in [6.45, 7) is 3.90. The summed E-state index contributed by atoms with van der Waals surface area (Å²) in [7, 11) is 0. The van der Waals surface area contributed by atoms with E-state index in [1.807, 2.05) is 24.7 Å². The molecule has 0 spiro atoms. The molecule has 0 atom stereocenters. The molecule has 104 valence electrons. The van der Waals surface area contributed by atoms with Crippen molar-refractivity contribution in [2.45, 2.75) is 19.9 Å². The highest BCUT2D eigenvalue weighted by molar-refractivity contribution is 7.10. The lowest BCUT2D eigenvalue weighted by molar-refractivity contribution is 0.0525. The van der Waals surface area contributed by atoms with E-state index in [1.165, 1.54) is 11.2 Å². The van der Waals surface area contributed by atoms with E-state index in [1.54, 1.807) is 11.3 Å². The van der Waals surface area contributed by atoms with E-state index in [-0.39, 0.29) is 5.97 Å². The Kier molecular flexibility index (Phi) is 3.64. The minimum absolute atomic E-state index is 0.207. The van der Waals surface area contributed by atoms with Gasteiger partial charge in [-0.2, -0.15) is 0 Å². The van der Waals surface area contributed by atoms with Crippen LogP contribution in [0.1, 0.15) is 27.7 Å². The van der Waals surface area contributed by atoms with Gasteiger partial charge in [-0.15, -0.1) is 11.3 Å². The lowest BCUT2D eigenvalue weighted by Crippen LogP contribution is -2.30. The van der Waals surface area contributed by atoms with Crippen LogP contribution in [-0.2, 0) is 17.7 Å². The summed E-state index contributed by atoms with van der Waals surface area (Å²) < 4.78 is 5.10. The van der Waals surface area contributed by atoms with Gasteiger partial charge in [0.15, 0.2) is 0 Å². The Morgan fingerprint density at radius 3 is 3.00 bits per heavy atom. The molecule has 1 aliphatic heterocycles. The van der Waals surface area contributed by atoms with Crippen molar-refractivity contribution >= 4 is 23.0 Å². The molecule has 0 unspecified atom stereocenters. The average Bonchev–Trinajstić information content (AvgIpc) is 2.91. The molecule has 0 radical (unpaired) electrons. The number of ether oxygens (including phenoxy) is 1. The fourth-order valence-electron chi connectivity index (χ4n) is 2.38. The van der Waals surface area contributed by atoms with E-state index in [0.29, 0.717) is 6.61 Å². The number of aromatic nitrogens is 2. The Hall–Kier alpha value is -1.95. The standard InChI is InChI=1S/C14H15N3O2S/c1-2-19-14(18)12-8-20-13-7-17(4-3-11(12)13)10-5-15-9-16-6-10/h5-6,8-9H,2-4,7H2,1H3. The Bertz CT molecular complexity index is 612. The third-order valence-electron chi connectivity index (χ3n) is 3.35. The third-order valence-corrected chi connectivity index (χ3v) is 4.37. The van der Waals surface area contributed by atoms with Gasteiger partial charge < -0.3 is 9.64 Å². The number of carbonyl (C=O) groups is 1. The topological polar surface area (TPSA) is 55.3 Å². The molecule has 2 aromatic heterocycles. The number of esters is 1. The first-order valence-corrected chi connectivity index (χ1v) is 7.44. The predicted octanol–water partition coefficient (Wildman–Crippen LogP) is 2.28. The summed E-state index contributed by atoms with van der Waals surface area (Å²) in [5, 5.41) is 1.91. The van der Waals surface area contributed by atoms with Crippen molar-refractivity contribution in [2.75, 3.05) is 18.1 Å². The zero-order valence-electron chi connectivity index (χ0n) is 11.2. The van der Waals surface area contributed by atoms with Gasteiger partial charge in [-0.1, -0.05) is 0 Å². The van der Waals surface area contributed by atoms with Crippen LogP contribution < -0.4 is 4.90 Å². The minimum Gasteiger partial charge on any atom is -0.462 e. The van der Waals surface area contributed by atoms with E-state index < -0.39 is 0 Å². The van der Waals surface area contributed by atoms with Crippen molar-refractivity contribution in [1.29, 1.82) is 0 Å². The van der Waals surface area contributed by atoms with Gasteiger partial charge >= 0.3 is 5.97 Å². The van der Waals surface area contributed by atoms with Crippen LogP contribution in [0.4, 0.5) is 5.69 Å². The second-order valence-corrected chi connectivity index (χ2v) is 5.50. The molecule has 0 fully saturated rings. The van der Waals surface area contributed by atoms with Crippen molar-refractivity contribution in [3.63, 3.8) is 0 Å². The largest absolute Gasteiger partial charge is 0.462 e. The summed E-state index contributed by atoms with van der Waals surface area (Å²) in [5.41, 5.74) is 2.89. The maximum Gasteiger partial charge on any atom is 0.339 e. The highest BCUT2D eigenvalue weighted by Gasteiger charge is 2.24. The Morgan fingerprint density at radius 2 is 2.25 bits per heavy atom. The van der Waals surface area contributed by atoms with Gasteiger partial charge in [0.25, 0.3) is 0 Å². The quantitative estimate of drug-likeness (QED) is 0.811. The first kappa shape index (κ1) is 13.1. The van der Waals surface area contributed by atoms with Crippen molar-refractivity contribution in [3.05, 3.63) is 40.1 Å². The fourth-order valence-corrected chi connectivity index (χ4v) is 3.47. The fraction of sp³-hybridized carbons (Fsp3) is 0.357. The van der Waals surface area contributed by atoms with Crippen molar-refractivity contribution in [2.24, 2.45) is 0 Å². The molecule has 6 heteroatoms. The smallest absolute Gasteiger partial charge is 0.339 e. The van der Waals surface area contributed by atoms with E-state index in [2.05, 4.69) is 14.9 Å². The number of fused-ring (bicyclic) bond motifs is 1. The maximum atomic E-state index is 11.9. The molecule has 3 heterocycles. The van der Waals surface area contributed by atoms with Crippen LogP contribution in [0.5, 0.6) is 0 Å². The normalized spacial score (nSPS) is 13.9. The molecule has 0 N–H and O–H groups in total. The second kappa shape index (κ2) is 5.58. The maximum absolute atomic E-state index is 11.9. The van der Waals surface area contributed by atoms with Crippen LogP contribution in [0.25, 0.3) is 0 Å². The molecule has 0 amide bonds. The molecule has 0 aliphatic carbocycles. The number of rotatable bonds is 3. The Labute approximate surface area is 121 Å². The van der Waals surface area contributed by atoms with Gasteiger partial charge in [0, 0.05) is 16.8 Å². The van der Waals surface area contributed by atoms with Gasteiger partial charge in [0.2, 0.25) is 0 Å². The van der Waals surface area contributed by atoms with Gasteiger partial charge in [-0.3, -0.25) is 0 Å². The van der Waals surface area contributed by atoms with Gasteiger partial charge in [-0.05, 0) is 18.9 Å². The second-order valence-electron chi connectivity index (χ2n) is 4.54. The van der Waals surface area contributed by atoms with E-state index in [4.69, 9.17) is 4.74 Å². The van der Waals surface area contributed by atoms with Crippen LogP contribution in [0.3, 0.4) is 0 Å². The van der Waals surface area contributed by atoms with E-state index in [9.17, 15) is 4.79 Å². The van der Waals surface area contributed by atoms with Gasteiger partial charge in [0.1, 0.15) is 6.33 Å². The highest BCUT2D eigenvalue weighted by Crippen LogP contribution is 2.31. The lowest BCUT2D eigenvalue weighted by atomic mass is 10.0. The van der Waals surface area contributed by atoms with Crippen LogP contribution in [-0.4, -0.2) is 29.1 Å². The molecule has 2 aromatic rings. The van der Waals surface area contributed by atoms with Crippen LogP contribution in [0.15, 0.2) is 24.1 Å². The third kappa shape index (κ3) is 2.38. The zero-order valence-corrected chi connectivity index (χ0v) is 12.0. The number of anilines is 1. The first-order valence-electron chi connectivity index (χ1n) is 6.56. The average molecular weight is 289 g/mol. The summed E-state index contributed by atoms with van der Waals surface area (Å²) >= 11 is 1.62. The Morgan fingerprint density at radius 1 is 1.45 bits per heavy atom. The molecule has 1 aliphatic rings. The van der Waals surface area contributed by atoms with Crippen molar-refractivity contribution in [3.8, 4) is 0 Å². The van der Waals surface area contributed by atoms with Crippen LogP contribution in [0.2, 0.25) is 0 Å². The summed E-state index contributed by atoms with van der Waals surface area (Å²) in [6.07, 6.45) is 6.01. The zero-order chi connectivity index (χ0) is 13.9. The molecule has 5 nitrogen and oxygen atoms in total. The van der Waals surface area contributed by atoms with E-state index in [0.717, 1.165) is 36.3 Å². The van der Waals surface area contributed by atoms with Gasteiger partial charge in [-0.25, -0.2) is 14.8 Å². The molecule has 3 rings (SSSR count). The summed E-state index contributed by atoms with van der Waals surface area (Å²) in [4.78, 5) is 23.4. The van der Waals surface area contributed by atoms with Crippen molar-refractivity contribution < 1.29 is 9.53 Å². The van der Waals surface area contributed by atoms with E-state index >= 15 is 0 Å². The Balaban J connectivity index is 1.82. The summed E-state index contributed by atoms with van der Waals surface area (Å²) in [5.74, 6) is -0.207. The lowest BCUT2D eigenvalue weighted by Gasteiger charge is -2.28. The first-order chi connectivity index (χ1) is 9.79. The number of nitrogens with zero attached hydrogens (tertiary/aromatic N) is 3. The SMILES string of the molecule is CCOC(=O)c1csc2c1CCN(c1cncnc1)C2. The highest BCUT2D eigenvalue weighted by atomic mass is 32.1. The number of hydrogen-bond donors (Lipinski definition) is 0. The number of hydrogen-bond acceptors (Lipinski definition) is 6. The summed E-state index contributed by atoms with van der Waals surface area (Å²) in [6, 6.07) is 0. The van der Waals surface area contributed by atoms with Crippen LogP contribution >= 0.6 is 11.3 Å². The molecule has 0 aromatic carbocycles. The molecular formula is C14H15N3O2S. The van der Waals surface area contributed by atoms with Crippen molar-refractivity contribution in [1.82, 2.24) is 9.97 Å². The molecule has 0 bridgehead atoms. The monoisotopic (exact) mass is 289 g/mol. The molecule has 0 saturated carbocycles. The van der Waals surface area contributed by atoms with Crippen LogP contribution in [0, 0.1) is 0 Å². The number of carbonyl (C=O) groups excluding carboxylic acids is 1. The minimum atomic E-state index is -0.207. The van der Waals surface area contributed by atoms with Gasteiger partial charge in [0.05, 0.1) is 36.8 Å². The number of thiophene rings is 1. The molecule has 20 heavy (non-hydrogen) atoms. The predicted molar refractivity (Wildman–Crippen MR) is 77.1 cm³/mol. The molecular weight excluding hydrogens is 274 g/mol.